The number of esters is 1. The topological polar surface area (TPSA) is 61.9 Å². The van der Waals surface area contributed by atoms with E-state index in [0.717, 1.165) is 24.3 Å². The Balaban J connectivity index is 1.60. The van der Waals surface area contributed by atoms with E-state index in [9.17, 15) is 18.4 Å². The van der Waals surface area contributed by atoms with Gasteiger partial charge in [-0.25, -0.2) is 13.6 Å². The number of halogens is 2. The van der Waals surface area contributed by atoms with Crippen LogP contribution in [0.4, 0.5) is 14.5 Å². The number of nitrogens with one attached hydrogen (secondary N) is 1. The summed E-state index contributed by atoms with van der Waals surface area (Å²) in [4.78, 5) is 27.3. The number of amides is 1. The van der Waals surface area contributed by atoms with Crippen LogP contribution in [-0.4, -0.2) is 57.1 Å². The number of hydrogen-bond acceptors (Lipinski definition) is 5. The summed E-state index contributed by atoms with van der Waals surface area (Å²) in [6.45, 7) is 3.36. The minimum atomic E-state index is -0.697. The van der Waals surface area contributed by atoms with Crippen LogP contribution in [0.1, 0.15) is 26.3 Å². The Bertz CT molecular complexity index is 912. The van der Waals surface area contributed by atoms with E-state index in [1.807, 2.05) is 4.90 Å². The molecule has 0 saturated carbocycles. The molecule has 1 N–H and O–H groups in total. The number of carbonyl (C=O) groups is 2. The fraction of sp³-hybridized carbons (Fsp3) is 0.333. The van der Waals surface area contributed by atoms with Gasteiger partial charge in [0.2, 0.25) is 0 Å². The second kappa shape index (κ2) is 9.00. The molecular weight excluding hydrogens is 380 g/mol. The number of rotatable bonds is 5. The summed E-state index contributed by atoms with van der Waals surface area (Å²) in [6, 6.07) is 9.11. The maximum Gasteiger partial charge on any atom is 0.340 e. The predicted molar refractivity (Wildman–Crippen MR) is 105 cm³/mol. The van der Waals surface area contributed by atoms with Crippen molar-refractivity contribution in [2.24, 2.45) is 0 Å². The Morgan fingerprint density at radius 2 is 1.66 bits per heavy atom. The van der Waals surface area contributed by atoms with Crippen LogP contribution in [0.15, 0.2) is 36.4 Å². The third-order valence-electron chi connectivity index (χ3n) is 5.01. The summed E-state index contributed by atoms with van der Waals surface area (Å²) in [7, 11) is 2.68. The minimum Gasteiger partial charge on any atom is -0.465 e. The molecule has 6 nitrogen and oxygen atoms in total. The van der Waals surface area contributed by atoms with Crippen LogP contribution >= 0.6 is 0 Å². The van der Waals surface area contributed by atoms with E-state index in [-0.39, 0.29) is 11.1 Å². The van der Waals surface area contributed by atoms with Gasteiger partial charge in [0, 0.05) is 45.5 Å². The number of methoxy groups -OCH3 is 1. The minimum absolute atomic E-state index is 0.0207. The molecule has 0 aliphatic carbocycles. The fourth-order valence-electron chi connectivity index (χ4n) is 3.37. The van der Waals surface area contributed by atoms with Crippen LogP contribution in [0, 0.1) is 11.6 Å². The molecule has 2 aromatic carbocycles. The summed E-state index contributed by atoms with van der Waals surface area (Å²) >= 11 is 0. The van der Waals surface area contributed by atoms with Gasteiger partial charge in [0.1, 0.15) is 11.6 Å². The number of carbonyl (C=O) groups excluding carboxylic acids is 2. The van der Waals surface area contributed by atoms with E-state index in [1.54, 1.807) is 12.1 Å². The zero-order valence-corrected chi connectivity index (χ0v) is 16.4. The first kappa shape index (κ1) is 20.7. The van der Waals surface area contributed by atoms with Crippen molar-refractivity contribution >= 4 is 17.6 Å². The second-order valence-corrected chi connectivity index (χ2v) is 6.81. The van der Waals surface area contributed by atoms with Gasteiger partial charge >= 0.3 is 5.97 Å². The largest absolute Gasteiger partial charge is 0.465 e. The first-order chi connectivity index (χ1) is 13.9. The summed E-state index contributed by atoms with van der Waals surface area (Å²) in [6.07, 6.45) is 0. The van der Waals surface area contributed by atoms with Gasteiger partial charge in [0.05, 0.1) is 18.2 Å². The number of hydrogen-bond donors (Lipinski definition) is 1. The highest BCUT2D eigenvalue weighted by molar-refractivity contribution is 5.94. The lowest BCUT2D eigenvalue weighted by molar-refractivity contribution is 0.0595. The molecule has 1 amide bonds. The van der Waals surface area contributed by atoms with Crippen LogP contribution in [0.5, 0.6) is 0 Å². The van der Waals surface area contributed by atoms with Gasteiger partial charge in [-0.1, -0.05) is 6.07 Å². The number of benzene rings is 2. The highest BCUT2D eigenvalue weighted by Gasteiger charge is 2.20. The van der Waals surface area contributed by atoms with Gasteiger partial charge in [-0.15, -0.1) is 0 Å². The van der Waals surface area contributed by atoms with Crippen LogP contribution in [-0.2, 0) is 11.3 Å². The van der Waals surface area contributed by atoms with Crippen molar-refractivity contribution in [1.29, 1.82) is 0 Å². The lowest BCUT2D eigenvalue weighted by atomic mass is 10.1. The van der Waals surface area contributed by atoms with Gasteiger partial charge in [-0.3, -0.25) is 9.69 Å². The molecule has 2 aromatic rings. The molecule has 0 atom stereocenters. The zero-order valence-electron chi connectivity index (χ0n) is 16.4. The molecule has 0 aromatic heterocycles. The molecule has 3 rings (SSSR count). The predicted octanol–water partition coefficient (Wildman–Crippen LogP) is 2.43. The van der Waals surface area contributed by atoms with E-state index in [0.29, 0.717) is 19.6 Å². The quantitative estimate of drug-likeness (QED) is 0.777. The molecule has 154 valence electrons. The molecule has 0 radical (unpaired) electrons. The van der Waals surface area contributed by atoms with E-state index >= 15 is 0 Å². The van der Waals surface area contributed by atoms with E-state index < -0.39 is 23.5 Å². The molecule has 0 unspecified atom stereocenters. The third-order valence-corrected chi connectivity index (χ3v) is 5.01. The van der Waals surface area contributed by atoms with E-state index in [2.05, 4.69) is 15.0 Å². The molecule has 0 bridgehead atoms. The van der Waals surface area contributed by atoms with E-state index in [1.165, 1.54) is 38.4 Å². The van der Waals surface area contributed by atoms with Gasteiger partial charge in [-0.2, -0.15) is 0 Å². The Hall–Kier alpha value is -3.00. The van der Waals surface area contributed by atoms with Crippen molar-refractivity contribution in [1.82, 2.24) is 10.2 Å². The van der Waals surface area contributed by atoms with Crippen molar-refractivity contribution < 1.29 is 23.1 Å². The van der Waals surface area contributed by atoms with Gasteiger partial charge in [0.15, 0.2) is 0 Å². The molecule has 1 aliphatic heterocycles. The molecule has 1 aliphatic rings. The van der Waals surface area contributed by atoms with Crippen LogP contribution in [0.25, 0.3) is 0 Å². The maximum absolute atomic E-state index is 14.2. The van der Waals surface area contributed by atoms with Crippen LogP contribution in [0.2, 0.25) is 0 Å². The summed E-state index contributed by atoms with van der Waals surface area (Å²) in [5.41, 5.74) is 1.43. The van der Waals surface area contributed by atoms with Crippen LogP contribution < -0.4 is 10.2 Å². The van der Waals surface area contributed by atoms with Crippen molar-refractivity contribution in [2.75, 3.05) is 45.2 Å². The second-order valence-electron chi connectivity index (χ2n) is 6.81. The average Bonchev–Trinajstić information content (AvgIpc) is 2.73. The van der Waals surface area contributed by atoms with E-state index in [4.69, 9.17) is 0 Å². The smallest absolute Gasteiger partial charge is 0.340 e. The highest BCUT2D eigenvalue weighted by atomic mass is 19.1. The lowest BCUT2D eigenvalue weighted by Crippen LogP contribution is -2.46. The molecule has 8 heteroatoms. The molecule has 29 heavy (non-hydrogen) atoms. The molecule has 1 fully saturated rings. The number of nitrogens with zero attached hydrogens (tertiary/aromatic N) is 2. The standard InChI is InChI=1S/C21H23F2N3O3/c1-24-20(27)16-6-4-15(12-19(16)23)26-9-7-25(8-10-26)13-14-3-5-17(18(22)11-14)21(28)29-2/h3-6,11-12H,7-10,13H2,1-2H3,(H,24,27). The Labute approximate surface area is 168 Å². The fourth-order valence-corrected chi connectivity index (χ4v) is 3.37. The SMILES string of the molecule is CNC(=O)c1ccc(N2CCN(Cc3ccc(C(=O)OC)c(F)c3)CC2)cc1F. The number of piperazine rings is 1. The van der Waals surface area contributed by atoms with Crippen molar-refractivity contribution in [3.63, 3.8) is 0 Å². The van der Waals surface area contributed by atoms with Gasteiger partial charge in [-0.05, 0) is 35.9 Å². The van der Waals surface area contributed by atoms with Crippen molar-refractivity contribution in [2.45, 2.75) is 6.54 Å². The normalized spacial score (nSPS) is 14.6. The van der Waals surface area contributed by atoms with Gasteiger partial charge in [0.25, 0.3) is 5.91 Å². The van der Waals surface area contributed by atoms with Crippen molar-refractivity contribution in [3.8, 4) is 0 Å². The summed E-state index contributed by atoms with van der Waals surface area (Å²) in [5.74, 6) is -2.30. The Morgan fingerprint density at radius 3 is 2.24 bits per heavy atom. The first-order valence-electron chi connectivity index (χ1n) is 9.28. The summed E-state index contributed by atoms with van der Waals surface area (Å²) in [5, 5.41) is 2.42. The molecular formula is C21H23F2N3O3. The number of ether oxygens (including phenoxy) is 1. The molecule has 0 spiro atoms. The highest BCUT2D eigenvalue weighted by Crippen LogP contribution is 2.21. The number of anilines is 1. The summed E-state index contributed by atoms with van der Waals surface area (Å²) < 4.78 is 32.8. The Morgan fingerprint density at radius 1 is 1.00 bits per heavy atom. The molecule has 1 heterocycles. The average molecular weight is 403 g/mol. The van der Waals surface area contributed by atoms with Gasteiger partial charge < -0.3 is 15.0 Å². The maximum atomic E-state index is 14.2. The van der Waals surface area contributed by atoms with Crippen LogP contribution in [0.3, 0.4) is 0 Å². The van der Waals surface area contributed by atoms with Crippen molar-refractivity contribution in [3.05, 3.63) is 64.7 Å². The molecule has 1 saturated heterocycles. The Kier molecular flexibility index (Phi) is 6.43. The zero-order chi connectivity index (χ0) is 21.0. The first-order valence-corrected chi connectivity index (χ1v) is 9.28. The lowest BCUT2D eigenvalue weighted by Gasteiger charge is -2.36. The third kappa shape index (κ3) is 4.71. The monoisotopic (exact) mass is 403 g/mol.